The molecule has 1 fully saturated rings. The minimum absolute atomic E-state index is 0.171. The van der Waals surface area contributed by atoms with Crippen LogP contribution in [-0.4, -0.2) is 41.1 Å². The van der Waals surface area contributed by atoms with Crippen molar-refractivity contribution in [2.24, 2.45) is 7.05 Å². The molecular weight excluding hydrogens is 228 g/mol. The fourth-order valence-electron chi connectivity index (χ4n) is 1.89. The number of β-amino-alcohol motifs (C(OH)–C–C–N with tert-alkyl or cyclic N) is 1. The summed E-state index contributed by atoms with van der Waals surface area (Å²) in [5, 5.41) is 9.77. The fraction of sp³-hybridized carbons (Fsp3) is 0.600. The molecule has 0 aliphatic carbocycles. The van der Waals surface area contributed by atoms with Gasteiger partial charge in [-0.15, -0.1) is 0 Å². The van der Waals surface area contributed by atoms with Gasteiger partial charge < -0.3 is 9.67 Å². The molecule has 1 aromatic rings. The predicted octanol–water partition coefficient (Wildman–Crippen LogP) is 0.171. The van der Waals surface area contributed by atoms with E-state index in [1.165, 1.54) is 4.31 Å². The Labute approximate surface area is 95.3 Å². The summed E-state index contributed by atoms with van der Waals surface area (Å²) in [5.41, 5.74) is -0.901. The average molecular weight is 244 g/mol. The number of hydrogen-bond acceptors (Lipinski definition) is 3. The third-order valence-electron chi connectivity index (χ3n) is 2.86. The Kier molecular flexibility index (Phi) is 2.60. The second-order valence-electron chi connectivity index (χ2n) is 4.60. The molecule has 16 heavy (non-hydrogen) atoms. The van der Waals surface area contributed by atoms with Gasteiger partial charge in [0.1, 0.15) is 0 Å². The van der Waals surface area contributed by atoms with Gasteiger partial charge in [0.05, 0.1) is 10.5 Å². The zero-order valence-corrected chi connectivity index (χ0v) is 10.2. The number of aryl methyl sites for hydroxylation is 1. The molecule has 0 amide bonds. The monoisotopic (exact) mass is 244 g/mol. The minimum Gasteiger partial charge on any atom is -0.389 e. The summed E-state index contributed by atoms with van der Waals surface area (Å²) in [5.74, 6) is 0. The largest absolute Gasteiger partial charge is 0.389 e. The molecule has 6 heteroatoms. The van der Waals surface area contributed by atoms with E-state index in [2.05, 4.69) is 0 Å². The summed E-state index contributed by atoms with van der Waals surface area (Å²) >= 11 is 0. The first-order valence-corrected chi connectivity index (χ1v) is 6.60. The van der Waals surface area contributed by atoms with Gasteiger partial charge in [-0.2, -0.15) is 4.31 Å². The number of hydrogen-bond donors (Lipinski definition) is 1. The van der Waals surface area contributed by atoms with Crippen LogP contribution in [0, 0.1) is 0 Å². The third-order valence-corrected chi connectivity index (χ3v) is 4.69. The number of sulfonamides is 1. The van der Waals surface area contributed by atoms with E-state index in [0.717, 1.165) is 0 Å². The summed E-state index contributed by atoms with van der Waals surface area (Å²) in [4.78, 5) is 0.285. The lowest BCUT2D eigenvalue weighted by molar-refractivity contribution is 0.0762. The quantitative estimate of drug-likeness (QED) is 0.806. The topological polar surface area (TPSA) is 62.5 Å². The highest BCUT2D eigenvalue weighted by Crippen LogP contribution is 2.26. The van der Waals surface area contributed by atoms with Crippen LogP contribution in [0.25, 0.3) is 0 Å². The number of rotatable bonds is 2. The van der Waals surface area contributed by atoms with Gasteiger partial charge in [0.25, 0.3) is 0 Å². The Morgan fingerprint density at radius 2 is 2.19 bits per heavy atom. The molecule has 0 bridgehead atoms. The molecule has 1 unspecified atom stereocenters. The summed E-state index contributed by atoms with van der Waals surface area (Å²) in [6.45, 7) is 2.21. The molecule has 2 heterocycles. The Morgan fingerprint density at radius 1 is 1.50 bits per heavy atom. The molecular formula is C10H16N2O3S. The summed E-state index contributed by atoms with van der Waals surface area (Å²) in [6, 6.07) is 1.57. The molecule has 0 spiro atoms. The van der Waals surface area contributed by atoms with Gasteiger partial charge in [-0.25, -0.2) is 8.42 Å². The van der Waals surface area contributed by atoms with Gasteiger partial charge in [-0.3, -0.25) is 0 Å². The van der Waals surface area contributed by atoms with Crippen molar-refractivity contribution in [3.05, 3.63) is 18.5 Å². The normalized spacial score (nSPS) is 27.4. The lowest BCUT2D eigenvalue weighted by Gasteiger charge is -2.18. The highest BCUT2D eigenvalue weighted by Gasteiger charge is 2.38. The van der Waals surface area contributed by atoms with Gasteiger partial charge in [0.2, 0.25) is 10.0 Å². The molecule has 1 atom stereocenters. The van der Waals surface area contributed by atoms with Gasteiger partial charge >= 0.3 is 0 Å². The second-order valence-corrected chi connectivity index (χ2v) is 6.54. The van der Waals surface area contributed by atoms with Crippen molar-refractivity contribution in [2.75, 3.05) is 13.1 Å². The summed E-state index contributed by atoms with van der Waals surface area (Å²) < 4.78 is 27.3. The van der Waals surface area contributed by atoms with E-state index in [-0.39, 0.29) is 11.4 Å². The van der Waals surface area contributed by atoms with Crippen LogP contribution in [0.4, 0.5) is 0 Å². The smallest absolute Gasteiger partial charge is 0.244 e. The van der Waals surface area contributed by atoms with Crippen molar-refractivity contribution in [2.45, 2.75) is 23.8 Å². The van der Waals surface area contributed by atoms with Crippen molar-refractivity contribution in [1.82, 2.24) is 8.87 Å². The first-order chi connectivity index (χ1) is 7.31. The summed E-state index contributed by atoms with van der Waals surface area (Å²) in [6.07, 6.45) is 3.75. The summed E-state index contributed by atoms with van der Waals surface area (Å²) in [7, 11) is -1.66. The Balaban J connectivity index is 2.28. The van der Waals surface area contributed by atoms with Gasteiger partial charge in [0, 0.05) is 32.5 Å². The van der Waals surface area contributed by atoms with Crippen LogP contribution < -0.4 is 0 Å². The zero-order valence-electron chi connectivity index (χ0n) is 9.42. The molecule has 1 aromatic heterocycles. The Bertz CT molecular complexity index is 490. The maximum Gasteiger partial charge on any atom is 0.244 e. The van der Waals surface area contributed by atoms with E-state index in [1.807, 2.05) is 0 Å². The minimum atomic E-state index is -3.44. The number of nitrogens with zero attached hydrogens (tertiary/aromatic N) is 2. The Hall–Kier alpha value is -0.850. The van der Waals surface area contributed by atoms with Crippen LogP contribution in [0.2, 0.25) is 0 Å². The lowest BCUT2D eigenvalue weighted by Crippen LogP contribution is -2.33. The molecule has 90 valence electrons. The number of aliphatic hydroxyl groups is 1. The first-order valence-electron chi connectivity index (χ1n) is 5.16. The van der Waals surface area contributed by atoms with E-state index in [9.17, 15) is 13.5 Å². The first kappa shape index (κ1) is 11.6. The molecule has 1 aliphatic rings. The van der Waals surface area contributed by atoms with E-state index in [0.29, 0.717) is 13.0 Å². The zero-order chi connectivity index (χ0) is 12.0. The molecule has 5 nitrogen and oxygen atoms in total. The third kappa shape index (κ3) is 2.00. The molecule has 2 rings (SSSR count). The van der Waals surface area contributed by atoms with Crippen LogP contribution >= 0.6 is 0 Å². The Morgan fingerprint density at radius 3 is 2.62 bits per heavy atom. The fourth-order valence-corrected chi connectivity index (χ4v) is 3.50. The van der Waals surface area contributed by atoms with E-state index in [4.69, 9.17) is 0 Å². The molecule has 1 saturated heterocycles. The van der Waals surface area contributed by atoms with Crippen LogP contribution in [-0.2, 0) is 17.1 Å². The van der Waals surface area contributed by atoms with Gasteiger partial charge in [-0.05, 0) is 19.4 Å². The SMILES string of the molecule is Cn1ccc(S(=O)(=O)N2CCC(C)(O)C2)c1. The average Bonchev–Trinajstić information content (AvgIpc) is 2.72. The second kappa shape index (κ2) is 3.58. The van der Waals surface area contributed by atoms with Gasteiger partial charge in [-0.1, -0.05) is 0 Å². The molecule has 0 saturated carbocycles. The maximum atomic E-state index is 12.1. The van der Waals surface area contributed by atoms with Crippen molar-refractivity contribution in [3.8, 4) is 0 Å². The van der Waals surface area contributed by atoms with Crippen molar-refractivity contribution in [1.29, 1.82) is 0 Å². The molecule has 1 N–H and O–H groups in total. The van der Waals surface area contributed by atoms with Crippen LogP contribution in [0.15, 0.2) is 23.4 Å². The molecule has 0 radical (unpaired) electrons. The maximum absolute atomic E-state index is 12.1. The van der Waals surface area contributed by atoms with E-state index >= 15 is 0 Å². The van der Waals surface area contributed by atoms with Gasteiger partial charge in [0.15, 0.2) is 0 Å². The standard InChI is InChI=1S/C10H16N2O3S/c1-10(13)4-6-12(8-10)16(14,15)9-3-5-11(2)7-9/h3,5,7,13H,4,6,8H2,1-2H3. The highest BCUT2D eigenvalue weighted by molar-refractivity contribution is 7.89. The van der Waals surface area contributed by atoms with Crippen molar-refractivity contribution < 1.29 is 13.5 Å². The molecule has 1 aliphatic heterocycles. The predicted molar refractivity (Wildman–Crippen MR) is 59.4 cm³/mol. The van der Waals surface area contributed by atoms with Crippen molar-refractivity contribution >= 4 is 10.0 Å². The highest BCUT2D eigenvalue weighted by atomic mass is 32.2. The van der Waals surface area contributed by atoms with Crippen molar-refractivity contribution in [3.63, 3.8) is 0 Å². The van der Waals surface area contributed by atoms with Crippen LogP contribution in [0.1, 0.15) is 13.3 Å². The molecule has 0 aromatic carbocycles. The lowest BCUT2D eigenvalue weighted by atomic mass is 10.1. The van der Waals surface area contributed by atoms with Crippen LogP contribution in [0.3, 0.4) is 0 Å². The number of aromatic nitrogens is 1. The van der Waals surface area contributed by atoms with Crippen LogP contribution in [0.5, 0.6) is 0 Å². The van der Waals surface area contributed by atoms with E-state index in [1.54, 1.807) is 37.0 Å². The van der Waals surface area contributed by atoms with E-state index < -0.39 is 15.6 Å².